The van der Waals surface area contributed by atoms with Crippen LogP contribution in [0.1, 0.15) is 41.5 Å². The van der Waals surface area contributed by atoms with Crippen LogP contribution < -0.4 is 0 Å². The van der Waals surface area contributed by atoms with E-state index in [-0.39, 0.29) is 5.97 Å². The molecule has 1 fully saturated rings. The summed E-state index contributed by atoms with van der Waals surface area (Å²) in [6.07, 6.45) is 3.41. The van der Waals surface area contributed by atoms with Gasteiger partial charge in [0, 0.05) is 5.92 Å². The van der Waals surface area contributed by atoms with E-state index < -0.39 is 0 Å². The second-order valence-corrected chi connectivity index (χ2v) is 4.87. The summed E-state index contributed by atoms with van der Waals surface area (Å²) in [4.78, 5) is 16.2. The minimum atomic E-state index is -0.366. The second-order valence-electron chi connectivity index (χ2n) is 4.51. The zero-order valence-corrected chi connectivity index (χ0v) is 10.8. The number of carbonyl (C=O) groups is 1. The van der Waals surface area contributed by atoms with Crippen molar-refractivity contribution in [1.29, 1.82) is 0 Å². The first kappa shape index (κ1) is 11.5. The number of hydrogen-bond acceptors (Lipinski definition) is 3. The molecule has 0 spiro atoms. The standard InChI is InChI=1S/C13H13ClN2O2/c1-18-13(17)10-7-3-6-9-11(14)15-12(16(9)10)8-4-2-5-8/h3,6-8H,2,4-5H2,1H3. The van der Waals surface area contributed by atoms with Crippen molar-refractivity contribution in [3.8, 4) is 0 Å². The first-order valence-corrected chi connectivity index (χ1v) is 6.35. The molecule has 2 heterocycles. The molecule has 2 aromatic heterocycles. The summed E-state index contributed by atoms with van der Waals surface area (Å²) in [6.45, 7) is 0. The molecule has 94 valence electrons. The molecule has 0 aromatic carbocycles. The summed E-state index contributed by atoms with van der Waals surface area (Å²) in [5.41, 5.74) is 1.25. The Bertz CT molecular complexity index is 617. The molecule has 18 heavy (non-hydrogen) atoms. The Labute approximate surface area is 110 Å². The Kier molecular flexibility index (Phi) is 2.74. The summed E-state index contributed by atoms with van der Waals surface area (Å²) in [5, 5.41) is 0.447. The van der Waals surface area contributed by atoms with E-state index in [9.17, 15) is 4.79 Å². The molecule has 0 bridgehead atoms. The van der Waals surface area contributed by atoms with Crippen molar-refractivity contribution in [3.05, 3.63) is 34.9 Å². The van der Waals surface area contributed by atoms with Crippen molar-refractivity contribution >= 4 is 23.1 Å². The minimum Gasteiger partial charge on any atom is -0.464 e. The smallest absolute Gasteiger partial charge is 0.355 e. The molecule has 0 N–H and O–H groups in total. The number of aromatic nitrogens is 2. The SMILES string of the molecule is COC(=O)c1cccc2c(Cl)nc(C3CCC3)n12. The number of imidazole rings is 1. The van der Waals surface area contributed by atoms with E-state index in [1.165, 1.54) is 13.5 Å². The molecule has 0 unspecified atom stereocenters. The van der Waals surface area contributed by atoms with Gasteiger partial charge in [-0.2, -0.15) is 0 Å². The normalized spacial score (nSPS) is 15.7. The van der Waals surface area contributed by atoms with Crippen LogP contribution in [0.2, 0.25) is 5.15 Å². The fourth-order valence-corrected chi connectivity index (χ4v) is 2.56. The van der Waals surface area contributed by atoms with Crippen molar-refractivity contribution in [2.45, 2.75) is 25.2 Å². The average molecular weight is 265 g/mol. The molecule has 3 rings (SSSR count). The monoisotopic (exact) mass is 264 g/mol. The highest BCUT2D eigenvalue weighted by Crippen LogP contribution is 2.37. The lowest BCUT2D eigenvalue weighted by Crippen LogP contribution is -2.16. The second kappa shape index (κ2) is 4.28. The van der Waals surface area contributed by atoms with Crippen molar-refractivity contribution in [1.82, 2.24) is 9.38 Å². The number of hydrogen-bond donors (Lipinski definition) is 0. The Balaban J connectivity index is 2.26. The van der Waals surface area contributed by atoms with Gasteiger partial charge >= 0.3 is 5.97 Å². The molecule has 2 aromatic rings. The van der Waals surface area contributed by atoms with Gasteiger partial charge in [0.05, 0.1) is 12.6 Å². The number of halogens is 1. The molecule has 0 atom stereocenters. The van der Waals surface area contributed by atoms with Crippen LogP contribution >= 0.6 is 11.6 Å². The first-order chi connectivity index (χ1) is 8.72. The van der Waals surface area contributed by atoms with Crippen LogP contribution in [0.3, 0.4) is 0 Å². The van der Waals surface area contributed by atoms with E-state index in [1.807, 2.05) is 10.5 Å². The van der Waals surface area contributed by atoms with Crippen LogP contribution in [-0.2, 0) is 4.74 Å². The number of carbonyl (C=O) groups excluding carboxylic acids is 1. The molecule has 0 radical (unpaired) electrons. The van der Waals surface area contributed by atoms with E-state index in [1.54, 1.807) is 12.1 Å². The van der Waals surface area contributed by atoms with Crippen molar-refractivity contribution in [2.24, 2.45) is 0 Å². The highest BCUT2D eigenvalue weighted by atomic mass is 35.5. The molecule has 5 heteroatoms. The largest absolute Gasteiger partial charge is 0.464 e. The molecule has 1 aliphatic rings. The number of methoxy groups -OCH3 is 1. The number of fused-ring (bicyclic) bond motifs is 1. The quantitative estimate of drug-likeness (QED) is 0.783. The summed E-state index contributed by atoms with van der Waals surface area (Å²) in [6, 6.07) is 5.39. The Hall–Kier alpha value is -1.55. The molecule has 0 amide bonds. The van der Waals surface area contributed by atoms with Gasteiger partial charge in [-0.05, 0) is 25.0 Å². The molecule has 1 saturated carbocycles. The zero-order chi connectivity index (χ0) is 12.7. The van der Waals surface area contributed by atoms with Crippen LogP contribution in [0.5, 0.6) is 0 Å². The van der Waals surface area contributed by atoms with E-state index in [0.717, 1.165) is 24.2 Å². The third-order valence-electron chi connectivity index (χ3n) is 3.51. The lowest BCUT2D eigenvalue weighted by atomic mass is 9.85. The fourth-order valence-electron chi connectivity index (χ4n) is 2.33. The predicted octanol–water partition coefficient (Wildman–Crippen LogP) is 3.04. The number of ether oxygens (including phenoxy) is 1. The van der Waals surface area contributed by atoms with Crippen molar-refractivity contribution < 1.29 is 9.53 Å². The van der Waals surface area contributed by atoms with Crippen LogP contribution in [0.15, 0.2) is 18.2 Å². The molecule has 1 aliphatic carbocycles. The van der Waals surface area contributed by atoms with Crippen molar-refractivity contribution in [3.63, 3.8) is 0 Å². The predicted molar refractivity (Wildman–Crippen MR) is 68.1 cm³/mol. The number of nitrogens with zero attached hydrogens (tertiary/aromatic N) is 2. The van der Waals surface area contributed by atoms with Crippen LogP contribution in [0.25, 0.3) is 5.52 Å². The minimum absolute atomic E-state index is 0.366. The van der Waals surface area contributed by atoms with Gasteiger partial charge in [0.2, 0.25) is 0 Å². The number of pyridine rings is 1. The molecule has 4 nitrogen and oxygen atoms in total. The van der Waals surface area contributed by atoms with Gasteiger partial charge in [-0.1, -0.05) is 24.1 Å². The highest BCUT2D eigenvalue weighted by Gasteiger charge is 2.27. The van der Waals surface area contributed by atoms with Gasteiger partial charge in [-0.3, -0.25) is 4.40 Å². The Morgan fingerprint density at radius 3 is 2.89 bits per heavy atom. The van der Waals surface area contributed by atoms with E-state index >= 15 is 0 Å². The third kappa shape index (κ3) is 1.60. The molecular weight excluding hydrogens is 252 g/mol. The van der Waals surface area contributed by atoms with Gasteiger partial charge in [-0.25, -0.2) is 9.78 Å². The summed E-state index contributed by atoms with van der Waals surface area (Å²) < 4.78 is 6.64. The van der Waals surface area contributed by atoms with Crippen molar-refractivity contribution in [2.75, 3.05) is 7.11 Å². The number of rotatable bonds is 2. The maximum absolute atomic E-state index is 11.8. The number of esters is 1. The van der Waals surface area contributed by atoms with Crippen LogP contribution in [0, 0.1) is 0 Å². The van der Waals surface area contributed by atoms with E-state index in [2.05, 4.69) is 4.98 Å². The van der Waals surface area contributed by atoms with E-state index in [4.69, 9.17) is 16.3 Å². The van der Waals surface area contributed by atoms with Gasteiger partial charge in [0.25, 0.3) is 0 Å². The highest BCUT2D eigenvalue weighted by molar-refractivity contribution is 6.32. The molecular formula is C13H13ClN2O2. The maximum Gasteiger partial charge on any atom is 0.355 e. The Morgan fingerprint density at radius 1 is 1.50 bits per heavy atom. The third-order valence-corrected chi connectivity index (χ3v) is 3.79. The summed E-state index contributed by atoms with van der Waals surface area (Å²) in [5.74, 6) is 0.910. The zero-order valence-electron chi connectivity index (χ0n) is 10.0. The summed E-state index contributed by atoms with van der Waals surface area (Å²) >= 11 is 6.14. The first-order valence-electron chi connectivity index (χ1n) is 5.97. The van der Waals surface area contributed by atoms with Crippen LogP contribution in [-0.4, -0.2) is 22.5 Å². The van der Waals surface area contributed by atoms with Gasteiger partial charge in [-0.15, -0.1) is 0 Å². The lowest BCUT2D eigenvalue weighted by molar-refractivity contribution is 0.0591. The molecule has 0 aliphatic heterocycles. The topological polar surface area (TPSA) is 43.6 Å². The van der Waals surface area contributed by atoms with Gasteiger partial charge < -0.3 is 4.74 Å². The Morgan fingerprint density at radius 2 is 2.28 bits per heavy atom. The van der Waals surface area contributed by atoms with Gasteiger partial charge in [0.1, 0.15) is 11.5 Å². The average Bonchev–Trinajstić information content (AvgIpc) is 2.64. The maximum atomic E-state index is 11.8. The fraction of sp³-hybridized carbons (Fsp3) is 0.385. The summed E-state index contributed by atoms with van der Waals surface area (Å²) in [7, 11) is 1.38. The van der Waals surface area contributed by atoms with E-state index in [0.29, 0.717) is 16.8 Å². The van der Waals surface area contributed by atoms with Crippen LogP contribution in [0.4, 0.5) is 0 Å². The lowest BCUT2D eigenvalue weighted by Gasteiger charge is -2.24. The molecule has 0 saturated heterocycles. The van der Waals surface area contributed by atoms with Gasteiger partial charge in [0.15, 0.2) is 5.15 Å².